The van der Waals surface area contributed by atoms with E-state index in [2.05, 4.69) is 20.9 Å². The van der Waals surface area contributed by atoms with Crippen molar-refractivity contribution in [2.45, 2.75) is 0 Å². The van der Waals surface area contributed by atoms with Gasteiger partial charge in [0.1, 0.15) is 16.1 Å². The highest BCUT2D eigenvalue weighted by Crippen LogP contribution is 2.32. The number of rotatable bonds is 3. The number of nitro groups is 1. The standard InChI is InChI=1S/C20H9BrClN3O4S/c21-10-1-5-15-16(7-10)24-19(26)18(30-20(24)23-15)9-12-3-6-17(29-12)13-8-11(25(27)28)2-4-14(13)22/h1-9H/b18-9-. The number of non-ortho nitro benzene ring substituents is 1. The number of thiazole rings is 1. The molecule has 0 radical (unpaired) electrons. The van der Waals surface area contributed by atoms with Crippen LogP contribution in [0, 0.1) is 10.1 Å². The fourth-order valence-electron chi connectivity index (χ4n) is 3.15. The van der Waals surface area contributed by atoms with E-state index in [1.807, 2.05) is 18.2 Å². The van der Waals surface area contributed by atoms with Gasteiger partial charge in [-0.15, -0.1) is 0 Å². The number of halogens is 2. The molecule has 0 unspecified atom stereocenters. The first-order valence-electron chi connectivity index (χ1n) is 8.57. The average Bonchev–Trinajstić information content (AvgIpc) is 3.38. The first-order valence-corrected chi connectivity index (χ1v) is 10.6. The summed E-state index contributed by atoms with van der Waals surface area (Å²) >= 11 is 10.9. The molecule has 0 aliphatic carbocycles. The van der Waals surface area contributed by atoms with Crippen molar-refractivity contribution in [1.82, 2.24) is 9.38 Å². The maximum absolute atomic E-state index is 12.9. The van der Waals surface area contributed by atoms with Crippen molar-refractivity contribution in [2.24, 2.45) is 0 Å². The number of benzene rings is 2. The van der Waals surface area contributed by atoms with Crippen LogP contribution in [0.3, 0.4) is 0 Å². The lowest BCUT2D eigenvalue weighted by Gasteiger charge is -2.00. The Morgan fingerprint density at radius 2 is 2.03 bits per heavy atom. The zero-order valence-electron chi connectivity index (χ0n) is 14.8. The molecule has 0 aliphatic heterocycles. The number of aromatic nitrogens is 2. The second-order valence-electron chi connectivity index (χ2n) is 6.40. The molecular formula is C20H9BrClN3O4S. The Bertz CT molecular complexity index is 1590. The largest absolute Gasteiger partial charge is 0.457 e. The van der Waals surface area contributed by atoms with Crippen LogP contribution in [0.1, 0.15) is 5.76 Å². The van der Waals surface area contributed by atoms with E-state index in [1.54, 1.807) is 22.6 Å². The summed E-state index contributed by atoms with van der Waals surface area (Å²) in [5, 5.41) is 11.4. The Morgan fingerprint density at radius 3 is 2.83 bits per heavy atom. The van der Waals surface area contributed by atoms with Gasteiger partial charge in [-0.05, 0) is 36.4 Å². The summed E-state index contributed by atoms with van der Waals surface area (Å²) in [6, 6.07) is 13.1. The summed E-state index contributed by atoms with van der Waals surface area (Å²) in [6.45, 7) is 0. The van der Waals surface area contributed by atoms with Gasteiger partial charge in [-0.2, -0.15) is 0 Å². The topological polar surface area (TPSA) is 90.6 Å². The van der Waals surface area contributed by atoms with Crippen molar-refractivity contribution < 1.29 is 9.34 Å². The normalized spacial score (nSPS) is 12.3. The van der Waals surface area contributed by atoms with Crippen molar-refractivity contribution in [2.75, 3.05) is 0 Å². The van der Waals surface area contributed by atoms with Gasteiger partial charge in [-0.1, -0.05) is 38.9 Å². The van der Waals surface area contributed by atoms with Crippen molar-refractivity contribution in [3.8, 4) is 11.3 Å². The Hall–Kier alpha value is -3.01. The quantitative estimate of drug-likeness (QED) is 0.255. The summed E-state index contributed by atoms with van der Waals surface area (Å²) in [5.41, 5.74) is 1.60. The minimum Gasteiger partial charge on any atom is -0.457 e. The molecule has 7 nitrogen and oxygen atoms in total. The predicted octanol–water partition coefficient (Wildman–Crippen LogP) is 5.04. The van der Waals surface area contributed by atoms with Crippen molar-refractivity contribution in [3.63, 3.8) is 0 Å². The maximum atomic E-state index is 12.9. The Labute approximate surface area is 185 Å². The lowest BCUT2D eigenvalue weighted by molar-refractivity contribution is -0.384. The van der Waals surface area contributed by atoms with Crippen LogP contribution in [0.15, 0.2) is 62.2 Å². The highest BCUT2D eigenvalue weighted by atomic mass is 79.9. The lowest BCUT2D eigenvalue weighted by Crippen LogP contribution is -2.22. The average molecular weight is 503 g/mol. The zero-order valence-corrected chi connectivity index (χ0v) is 18.0. The van der Waals surface area contributed by atoms with E-state index in [9.17, 15) is 14.9 Å². The van der Waals surface area contributed by atoms with E-state index in [0.29, 0.717) is 31.6 Å². The number of nitrogens with zero attached hydrogens (tertiary/aromatic N) is 3. The van der Waals surface area contributed by atoms with Gasteiger partial charge in [0, 0.05) is 28.2 Å². The van der Waals surface area contributed by atoms with Crippen LogP contribution in [-0.2, 0) is 0 Å². The number of furan rings is 1. The monoisotopic (exact) mass is 501 g/mol. The third-order valence-electron chi connectivity index (χ3n) is 4.53. The van der Waals surface area contributed by atoms with Crippen molar-refractivity contribution in [1.29, 1.82) is 0 Å². The third kappa shape index (κ3) is 3.11. The fourth-order valence-corrected chi connectivity index (χ4v) is 4.68. The first kappa shape index (κ1) is 19.0. The van der Waals surface area contributed by atoms with E-state index in [1.165, 1.54) is 29.5 Å². The van der Waals surface area contributed by atoms with Gasteiger partial charge in [0.05, 0.1) is 21.0 Å². The van der Waals surface area contributed by atoms with Gasteiger partial charge in [0.2, 0.25) is 0 Å². The molecule has 0 amide bonds. The molecule has 0 N–H and O–H groups in total. The highest BCUT2D eigenvalue weighted by molar-refractivity contribution is 9.10. The van der Waals surface area contributed by atoms with Crippen LogP contribution >= 0.6 is 38.9 Å². The maximum Gasteiger partial charge on any atom is 0.275 e. The number of imidazole rings is 1. The number of fused-ring (bicyclic) bond motifs is 3. The van der Waals surface area contributed by atoms with Crippen molar-refractivity contribution >= 4 is 66.6 Å². The molecule has 5 aromatic rings. The lowest BCUT2D eigenvalue weighted by atomic mass is 10.1. The van der Waals surface area contributed by atoms with Gasteiger partial charge in [0.25, 0.3) is 11.2 Å². The molecule has 0 fully saturated rings. The van der Waals surface area contributed by atoms with E-state index in [4.69, 9.17) is 16.0 Å². The van der Waals surface area contributed by atoms with Crippen LogP contribution in [0.4, 0.5) is 5.69 Å². The smallest absolute Gasteiger partial charge is 0.275 e. The summed E-state index contributed by atoms with van der Waals surface area (Å²) in [5.74, 6) is 0.803. The van der Waals surface area contributed by atoms with Gasteiger partial charge in [-0.25, -0.2) is 9.38 Å². The summed E-state index contributed by atoms with van der Waals surface area (Å²) in [6.07, 6.45) is 1.63. The molecule has 3 aromatic heterocycles. The summed E-state index contributed by atoms with van der Waals surface area (Å²) in [4.78, 5) is 28.5. The van der Waals surface area contributed by atoms with Gasteiger partial charge < -0.3 is 4.42 Å². The first-order chi connectivity index (χ1) is 14.4. The molecule has 5 rings (SSSR count). The molecule has 148 valence electrons. The van der Waals surface area contributed by atoms with Crippen LogP contribution < -0.4 is 10.1 Å². The van der Waals surface area contributed by atoms with Crippen LogP contribution in [-0.4, -0.2) is 14.3 Å². The summed E-state index contributed by atoms with van der Waals surface area (Å²) < 4.78 is 8.68. The van der Waals surface area contributed by atoms with Crippen LogP contribution in [0.25, 0.3) is 33.4 Å². The molecule has 0 spiro atoms. The Balaban J connectivity index is 1.61. The van der Waals surface area contributed by atoms with E-state index < -0.39 is 4.92 Å². The molecule has 0 aliphatic rings. The Morgan fingerprint density at radius 1 is 1.20 bits per heavy atom. The minimum atomic E-state index is -0.496. The number of hydrogen-bond donors (Lipinski definition) is 0. The van der Waals surface area contributed by atoms with Crippen LogP contribution in [0.2, 0.25) is 5.02 Å². The molecule has 0 atom stereocenters. The predicted molar refractivity (Wildman–Crippen MR) is 119 cm³/mol. The SMILES string of the molecule is O=c1/c(=C/c2ccc(-c3cc([N+](=O)[O-])ccc3Cl)o2)sc2nc3ccc(Br)cc3n12. The molecule has 2 aromatic carbocycles. The summed E-state index contributed by atoms with van der Waals surface area (Å²) in [7, 11) is 0. The second kappa shape index (κ2) is 7.05. The molecular weight excluding hydrogens is 494 g/mol. The molecule has 0 bridgehead atoms. The van der Waals surface area contributed by atoms with Crippen molar-refractivity contribution in [3.05, 3.63) is 88.8 Å². The zero-order chi connectivity index (χ0) is 21.0. The van der Waals surface area contributed by atoms with Crippen LogP contribution in [0.5, 0.6) is 0 Å². The van der Waals surface area contributed by atoms with Gasteiger partial charge in [-0.3, -0.25) is 14.9 Å². The van der Waals surface area contributed by atoms with E-state index >= 15 is 0 Å². The number of hydrogen-bond acceptors (Lipinski definition) is 6. The molecule has 0 saturated carbocycles. The third-order valence-corrected chi connectivity index (χ3v) is 6.32. The number of nitro benzene ring substituents is 1. The molecule has 10 heteroatoms. The highest BCUT2D eigenvalue weighted by Gasteiger charge is 2.15. The molecule has 30 heavy (non-hydrogen) atoms. The van der Waals surface area contributed by atoms with Gasteiger partial charge >= 0.3 is 0 Å². The van der Waals surface area contributed by atoms with E-state index in [-0.39, 0.29) is 11.2 Å². The molecule has 3 heterocycles. The van der Waals surface area contributed by atoms with E-state index in [0.717, 1.165) is 15.5 Å². The fraction of sp³-hybridized carbons (Fsp3) is 0. The molecule has 0 saturated heterocycles. The van der Waals surface area contributed by atoms with Gasteiger partial charge in [0.15, 0.2) is 4.96 Å². The minimum absolute atomic E-state index is 0.0873. The second-order valence-corrected chi connectivity index (χ2v) is 8.73. The Kier molecular flexibility index (Phi) is 4.46.